The van der Waals surface area contributed by atoms with Crippen molar-refractivity contribution in [3.05, 3.63) is 0 Å². The quantitative estimate of drug-likeness (QED) is 0.0519. The molecule has 41 heavy (non-hydrogen) atoms. The Kier molecular flexibility index (Phi) is 34.2. The summed E-state index contributed by atoms with van der Waals surface area (Å²) in [5, 5.41) is 27.5. The van der Waals surface area contributed by atoms with E-state index in [2.05, 4.69) is 20.8 Å². The molecule has 0 bridgehead atoms. The first kappa shape index (κ1) is 42.9. The van der Waals surface area contributed by atoms with Gasteiger partial charge in [-0.2, -0.15) is 0 Å². The SMILES string of the molecule is CCCCCCCCCCCCCCC(N)(CO)CCC.CCCCCCCCCCCCCCC(N)(CO)CO. The van der Waals surface area contributed by atoms with Gasteiger partial charge in [-0.15, -0.1) is 0 Å². The van der Waals surface area contributed by atoms with E-state index in [4.69, 9.17) is 21.7 Å². The van der Waals surface area contributed by atoms with E-state index in [-0.39, 0.29) is 25.4 Å². The van der Waals surface area contributed by atoms with Crippen LogP contribution in [0.2, 0.25) is 0 Å². The summed E-state index contributed by atoms with van der Waals surface area (Å²) in [5.41, 5.74) is 10.9. The van der Waals surface area contributed by atoms with Crippen molar-refractivity contribution in [1.82, 2.24) is 0 Å². The molecule has 0 saturated heterocycles. The average molecular weight is 587 g/mol. The molecule has 0 aromatic rings. The zero-order valence-corrected chi connectivity index (χ0v) is 28.4. The highest BCUT2D eigenvalue weighted by atomic mass is 16.3. The van der Waals surface area contributed by atoms with E-state index < -0.39 is 5.54 Å². The van der Waals surface area contributed by atoms with Crippen LogP contribution in [0.25, 0.3) is 0 Å². The third-order valence-electron chi connectivity index (χ3n) is 8.75. The Labute approximate surface area is 258 Å². The van der Waals surface area contributed by atoms with E-state index in [0.717, 1.165) is 38.5 Å². The van der Waals surface area contributed by atoms with Gasteiger partial charge in [0.15, 0.2) is 0 Å². The molecule has 0 fully saturated rings. The first-order valence-electron chi connectivity index (χ1n) is 18.3. The van der Waals surface area contributed by atoms with Crippen LogP contribution in [0, 0.1) is 0 Å². The Morgan fingerprint density at radius 1 is 0.317 bits per heavy atom. The van der Waals surface area contributed by atoms with Gasteiger partial charge in [0.05, 0.1) is 25.4 Å². The summed E-state index contributed by atoms with van der Waals surface area (Å²) >= 11 is 0. The molecule has 0 aliphatic heterocycles. The molecule has 0 aliphatic rings. The molecule has 0 aromatic carbocycles. The smallest absolute Gasteiger partial charge is 0.0633 e. The van der Waals surface area contributed by atoms with Crippen LogP contribution in [0.5, 0.6) is 0 Å². The van der Waals surface area contributed by atoms with Crippen LogP contribution in [0.15, 0.2) is 0 Å². The molecule has 0 amide bonds. The van der Waals surface area contributed by atoms with Gasteiger partial charge in [-0.1, -0.05) is 181 Å². The second kappa shape index (κ2) is 32.7. The number of hydrogen-bond donors (Lipinski definition) is 5. The topological polar surface area (TPSA) is 113 Å². The fourth-order valence-corrected chi connectivity index (χ4v) is 5.63. The van der Waals surface area contributed by atoms with E-state index in [9.17, 15) is 5.11 Å². The molecule has 5 nitrogen and oxygen atoms in total. The molecule has 7 N–H and O–H groups in total. The first-order valence-corrected chi connectivity index (χ1v) is 18.3. The Hall–Kier alpha value is -0.200. The zero-order chi connectivity index (χ0) is 30.9. The minimum absolute atomic E-state index is 0.123. The Bertz CT molecular complexity index is 487. The molecule has 1 atom stereocenters. The Balaban J connectivity index is 0. The third kappa shape index (κ3) is 31.0. The van der Waals surface area contributed by atoms with Crippen molar-refractivity contribution >= 4 is 0 Å². The van der Waals surface area contributed by atoms with Crippen molar-refractivity contribution in [2.75, 3.05) is 19.8 Å². The Morgan fingerprint density at radius 2 is 0.561 bits per heavy atom. The highest BCUT2D eigenvalue weighted by Gasteiger charge is 2.22. The molecule has 5 heteroatoms. The molecule has 250 valence electrons. The number of aliphatic hydroxyl groups excluding tert-OH is 3. The molecule has 0 radical (unpaired) electrons. The summed E-state index contributed by atoms with van der Waals surface area (Å²) in [4.78, 5) is 0. The van der Waals surface area contributed by atoms with E-state index in [0.29, 0.717) is 0 Å². The molecule has 1 unspecified atom stereocenters. The standard InChI is InChI=1S/C19H41NO.C17H37NO2/c1-3-5-6-7-8-9-10-11-12-13-14-15-17-19(20,18-21)16-4-2;1-2-3-4-5-6-7-8-9-10-11-12-13-14-17(18,15-19)16-20/h21H,3-18,20H2,1-2H3;19-20H,2-16,18H2,1H3. The maximum absolute atomic E-state index is 9.37. The number of aliphatic hydroxyl groups is 3. The monoisotopic (exact) mass is 587 g/mol. The molecule has 0 saturated carbocycles. The predicted octanol–water partition coefficient (Wildman–Crippen LogP) is 9.33. The van der Waals surface area contributed by atoms with Crippen LogP contribution in [0.4, 0.5) is 0 Å². The van der Waals surface area contributed by atoms with Crippen molar-refractivity contribution in [3.63, 3.8) is 0 Å². The van der Waals surface area contributed by atoms with Gasteiger partial charge in [0, 0.05) is 5.54 Å². The lowest BCUT2D eigenvalue weighted by molar-refractivity contribution is 0.112. The minimum Gasteiger partial charge on any atom is -0.394 e. The number of unbranched alkanes of at least 4 members (excludes halogenated alkanes) is 22. The third-order valence-corrected chi connectivity index (χ3v) is 8.75. The summed E-state index contributed by atoms with van der Waals surface area (Å²) in [6.07, 6.45) is 36.0. The first-order chi connectivity index (χ1) is 19.9. The fraction of sp³-hybridized carbons (Fsp3) is 1.00. The minimum atomic E-state index is -0.765. The second-order valence-electron chi connectivity index (χ2n) is 13.2. The molecule has 0 rings (SSSR count). The van der Waals surface area contributed by atoms with Gasteiger partial charge in [-0.3, -0.25) is 0 Å². The highest BCUT2D eigenvalue weighted by Crippen LogP contribution is 2.19. The maximum Gasteiger partial charge on any atom is 0.0633 e. The van der Waals surface area contributed by atoms with Crippen LogP contribution in [0.3, 0.4) is 0 Å². The van der Waals surface area contributed by atoms with E-state index in [1.807, 2.05) is 0 Å². The van der Waals surface area contributed by atoms with Crippen molar-refractivity contribution in [3.8, 4) is 0 Å². The van der Waals surface area contributed by atoms with Crippen LogP contribution in [-0.2, 0) is 0 Å². The molecule has 0 aromatic heterocycles. The Morgan fingerprint density at radius 3 is 0.805 bits per heavy atom. The fourth-order valence-electron chi connectivity index (χ4n) is 5.63. The number of nitrogens with two attached hydrogens (primary N) is 2. The summed E-state index contributed by atoms with van der Waals surface area (Å²) in [7, 11) is 0. The van der Waals surface area contributed by atoms with Gasteiger partial charge in [0.25, 0.3) is 0 Å². The highest BCUT2D eigenvalue weighted by molar-refractivity contribution is 4.83. The van der Waals surface area contributed by atoms with Gasteiger partial charge in [0.2, 0.25) is 0 Å². The van der Waals surface area contributed by atoms with Crippen LogP contribution >= 0.6 is 0 Å². The normalized spacial score (nSPS) is 13.2. The van der Waals surface area contributed by atoms with Crippen molar-refractivity contribution < 1.29 is 15.3 Å². The zero-order valence-electron chi connectivity index (χ0n) is 28.4. The van der Waals surface area contributed by atoms with Crippen LogP contribution < -0.4 is 11.5 Å². The molecule has 0 heterocycles. The lowest BCUT2D eigenvalue weighted by atomic mass is 9.89. The van der Waals surface area contributed by atoms with Crippen molar-refractivity contribution in [2.45, 2.75) is 212 Å². The van der Waals surface area contributed by atoms with Gasteiger partial charge in [0.1, 0.15) is 0 Å². The van der Waals surface area contributed by atoms with E-state index >= 15 is 0 Å². The van der Waals surface area contributed by atoms with E-state index in [1.54, 1.807) is 0 Å². The number of rotatable bonds is 31. The van der Waals surface area contributed by atoms with Crippen LogP contribution in [0.1, 0.15) is 201 Å². The van der Waals surface area contributed by atoms with E-state index in [1.165, 1.54) is 141 Å². The van der Waals surface area contributed by atoms with Crippen molar-refractivity contribution in [2.24, 2.45) is 11.5 Å². The lowest BCUT2D eigenvalue weighted by Gasteiger charge is -2.26. The molecular formula is C36H78N2O3. The predicted molar refractivity (Wildman–Crippen MR) is 181 cm³/mol. The largest absolute Gasteiger partial charge is 0.394 e. The lowest BCUT2D eigenvalue weighted by Crippen LogP contribution is -2.47. The van der Waals surface area contributed by atoms with Crippen LogP contribution in [-0.4, -0.2) is 46.2 Å². The maximum atomic E-state index is 9.37. The molecular weight excluding hydrogens is 508 g/mol. The van der Waals surface area contributed by atoms with Gasteiger partial charge in [-0.25, -0.2) is 0 Å². The van der Waals surface area contributed by atoms with Gasteiger partial charge < -0.3 is 26.8 Å². The van der Waals surface area contributed by atoms with Crippen molar-refractivity contribution in [1.29, 1.82) is 0 Å². The molecule has 0 spiro atoms. The molecule has 0 aliphatic carbocycles. The van der Waals surface area contributed by atoms with Gasteiger partial charge >= 0.3 is 0 Å². The second-order valence-corrected chi connectivity index (χ2v) is 13.2. The summed E-state index contributed by atoms with van der Waals surface area (Å²) < 4.78 is 0. The van der Waals surface area contributed by atoms with Gasteiger partial charge in [-0.05, 0) is 19.3 Å². The summed E-state index contributed by atoms with van der Waals surface area (Å²) in [6, 6.07) is 0. The summed E-state index contributed by atoms with van der Waals surface area (Å²) in [6.45, 7) is 6.56. The number of hydrogen-bond acceptors (Lipinski definition) is 5. The summed E-state index contributed by atoms with van der Waals surface area (Å²) in [5.74, 6) is 0. The average Bonchev–Trinajstić information content (AvgIpc) is 2.98.